The lowest BCUT2D eigenvalue weighted by atomic mass is 10.1. The van der Waals surface area contributed by atoms with Gasteiger partial charge in [0.05, 0.1) is 30.0 Å². The van der Waals surface area contributed by atoms with Crippen molar-refractivity contribution in [2.75, 3.05) is 7.11 Å². The summed E-state index contributed by atoms with van der Waals surface area (Å²) in [5.41, 5.74) is 3.02. The lowest BCUT2D eigenvalue weighted by Gasteiger charge is -2.10. The number of hydrazone groups is 1. The largest absolute Gasteiger partial charge is 0.497 e. The zero-order valence-corrected chi connectivity index (χ0v) is 15.9. The van der Waals surface area contributed by atoms with E-state index >= 15 is 0 Å². The van der Waals surface area contributed by atoms with Gasteiger partial charge in [-0.05, 0) is 42.8 Å². The Morgan fingerprint density at radius 1 is 1.18 bits per heavy atom. The molecular formula is C19H19N5O4. The molecule has 28 heavy (non-hydrogen) atoms. The number of fused-ring (bicyclic) bond motifs is 1. The number of nitrogens with one attached hydrogen (secondary N) is 1. The first-order valence-corrected chi connectivity index (χ1v) is 8.38. The Morgan fingerprint density at radius 2 is 1.86 bits per heavy atom. The number of rotatable bonds is 4. The van der Waals surface area contributed by atoms with Crippen molar-refractivity contribution in [2.24, 2.45) is 19.2 Å². The Bertz CT molecular complexity index is 1210. The van der Waals surface area contributed by atoms with Crippen LogP contribution in [0.3, 0.4) is 0 Å². The molecule has 1 N–H and O–H groups in total. The average molecular weight is 381 g/mol. The van der Waals surface area contributed by atoms with Crippen molar-refractivity contribution in [1.29, 1.82) is 0 Å². The number of methoxy groups -OCH3 is 1. The molecule has 0 radical (unpaired) electrons. The van der Waals surface area contributed by atoms with Gasteiger partial charge in [-0.2, -0.15) is 5.10 Å². The highest BCUT2D eigenvalue weighted by Gasteiger charge is 2.16. The van der Waals surface area contributed by atoms with Gasteiger partial charge in [-0.25, -0.2) is 15.2 Å². The number of ether oxygens (including phenoxy) is 1. The summed E-state index contributed by atoms with van der Waals surface area (Å²) >= 11 is 0. The second-order valence-corrected chi connectivity index (χ2v) is 6.17. The number of hydrogen-bond donors (Lipinski definition) is 1. The maximum absolute atomic E-state index is 12.5. The van der Waals surface area contributed by atoms with Crippen molar-refractivity contribution >= 4 is 23.2 Å². The Hall–Kier alpha value is -3.75. The van der Waals surface area contributed by atoms with Crippen LogP contribution in [0.2, 0.25) is 0 Å². The van der Waals surface area contributed by atoms with E-state index in [0.29, 0.717) is 5.69 Å². The van der Waals surface area contributed by atoms with Crippen molar-refractivity contribution < 1.29 is 9.53 Å². The second kappa shape index (κ2) is 7.47. The summed E-state index contributed by atoms with van der Waals surface area (Å²) in [5.74, 6) is 0.211. The summed E-state index contributed by atoms with van der Waals surface area (Å²) in [6.45, 7) is 1.63. The third-order valence-corrected chi connectivity index (χ3v) is 4.36. The Morgan fingerprint density at radius 3 is 2.50 bits per heavy atom. The normalized spacial score (nSPS) is 11.1. The van der Waals surface area contributed by atoms with Crippen LogP contribution in [0.5, 0.6) is 5.75 Å². The predicted molar refractivity (Wildman–Crippen MR) is 105 cm³/mol. The fourth-order valence-electron chi connectivity index (χ4n) is 2.73. The van der Waals surface area contributed by atoms with Crippen molar-refractivity contribution in [3.8, 4) is 5.75 Å². The van der Waals surface area contributed by atoms with Gasteiger partial charge in [0.15, 0.2) is 0 Å². The molecule has 0 bridgehead atoms. The third-order valence-electron chi connectivity index (χ3n) is 4.36. The van der Waals surface area contributed by atoms with E-state index in [-0.39, 0.29) is 16.6 Å². The van der Waals surface area contributed by atoms with Gasteiger partial charge in [-0.15, -0.1) is 0 Å². The molecule has 0 aliphatic carbocycles. The monoisotopic (exact) mass is 381 g/mol. The summed E-state index contributed by atoms with van der Waals surface area (Å²) in [6.07, 6.45) is 1.49. The van der Waals surface area contributed by atoms with E-state index in [9.17, 15) is 14.4 Å². The summed E-state index contributed by atoms with van der Waals surface area (Å²) < 4.78 is 7.33. The van der Waals surface area contributed by atoms with E-state index in [4.69, 9.17) is 4.74 Å². The van der Waals surface area contributed by atoms with Gasteiger partial charge in [-0.3, -0.25) is 18.7 Å². The number of amides is 1. The van der Waals surface area contributed by atoms with Crippen LogP contribution in [-0.2, 0) is 14.1 Å². The zero-order valence-electron chi connectivity index (χ0n) is 15.9. The number of aryl methyl sites for hydroxylation is 2. The molecule has 0 saturated carbocycles. The van der Waals surface area contributed by atoms with Crippen LogP contribution in [-0.4, -0.2) is 33.3 Å². The highest BCUT2D eigenvalue weighted by Crippen LogP contribution is 2.12. The predicted octanol–water partition coefficient (Wildman–Crippen LogP) is 0.713. The van der Waals surface area contributed by atoms with Crippen LogP contribution in [0.15, 0.2) is 45.0 Å². The highest BCUT2D eigenvalue weighted by atomic mass is 16.5. The van der Waals surface area contributed by atoms with E-state index < -0.39 is 17.2 Å². The maximum atomic E-state index is 12.5. The Balaban J connectivity index is 1.91. The van der Waals surface area contributed by atoms with Crippen LogP contribution in [0, 0.1) is 6.92 Å². The van der Waals surface area contributed by atoms with E-state index in [1.807, 2.05) is 0 Å². The number of benzene rings is 1. The number of aromatic nitrogens is 3. The van der Waals surface area contributed by atoms with Crippen LogP contribution in [0.25, 0.3) is 11.0 Å². The Labute approximate surface area is 159 Å². The SMILES string of the molecule is COc1ccc(C=NNC(=O)c2cc3c(=O)n(C)c(=O)n(C)c3nc2C)cc1. The van der Waals surface area contributed by atoms with Crippen LogP contribution >= 0.6 is 0 Å². The third kappa shape index (κ3) is 3.41. The second-order valence-electron chi connectivity index (χ2n) is 6.17. The van der Waals surface area contributed by atoms with Gasteiger partial charge in [0.25, 0.3) is 11.5 Å². The maximum Gasteiger partial charge on any atom is 0.332 e. The van der Waals surface area contributed by atoms with Crippen molar-refractivity contribution in [3.05, 3.63) is 68.0 Å². The molecule has 0 aliphatic heterocycles. The number of carbonyl (C=O) groups is 1. The zero-order chi connectivity index (χ0) is 20.4. The lowest BCUT2D eigenvalue weighted by Crippen LogP contribution is -2.37. The van der Waals surface area contributed by atoms with Gasteiger partial charge in [0, 0.05) is 14.1 Å². The molecule has 0 unspecified atom stereocenters. The standard InChI is InChI=1S/C19H19N5O4/c1-11-14(9-15-16(21-11)23(2)19(27)24(3)18(15)26)17(25)22-20-10-12-5-7-13(28-4)8-6-12/h5-10H,1-4H3,(H,22,25). The summed E-state index contributed by atoms with van der Waals surface area (Å²) in [4.78, 5) is 41.2. The highest BCUT2D eigenvalue weighted by molar-refractivity contribution is 5.98. The molecule has 0 saturated heterocycles. The summed E-state index contributed by atoms with van der Waals surface area (Å²) in [7, 11) is 4.48. The molecule has 1 aromatic carbocycles. The van der Waals surface area contributed by atoms with Gasteiger partial charge in [0.2, 0.25) is 0 Å². The molecule has 9 nitrogen and oxygen atoms in total. The fraction of sp³-hybridized carbons (Fsp3) is 0.211. The van der Waals surface area contributed by atoms with E-state index in [0.717, 1.165) is 15.9 Å². The summed E-state index contributed by atoms with van der Waals surface area (Å²) in [6, 6.07) is 8.57. The summed E-state index contributed by atoms with van der Waals surface area (Å²) in [5, 5.41) is 4.11. The number of carbonyl (C=O) groups excluding carboxylic acids is 1. The molecule has 0 fully saturated rings. The first kappa shape index (κ1) is 19.0. The average Bonchev–Trinajstić information content (AvgIpc) is 2.70. The van der Waals surface area contributed by atoms with Crippen molar-refractivity contribution in [3.63, 3.8) is 0 Å². The molecule has 0 spiro atoms. The van der Waals surface area contributed by atoms with E-state index in [2.05, 4.69) is 15.5 Å². The molecule has 1 amide bonds. The van der Waals surface area contributed by atoms with Gasteiger partial charge < -0.3 is 4.74 Å². The number of nitrogens with zero attached hydrogens (tertiary/aromatic N) is 4. The number of pyridine rings is 1. The van der Waals surface area contributed by atoms with Gasteiger partial charge >= 0.3 is 5.69 Å². The smallest absolute Gasteiger partial charge is 0.332 e. The van der Waals surface area contributed by atoms with Gasteiger partial charge in [0.1, 0.15) is 11.4 Å². The lowest BCUT2D eigenvalue weighted by molar-refractivity contribution is 0.0954. The molecule has 2 aromatic heterocycles. The van der Waals surface area contributed by atoms with Gasteiger partial charge in [-0.1, -0.05) is 0 Å². The molecular weight excluding hydrogens is 362 g/mol. The minimum atomic E-state index is -0.513. The van der Waals surface area contributed by atoms with E-state index in [1.54, 1.807) is 38.3 Å². The topological polar surface area (TPSA) is 108 Å². The van der Waals surface area contributed by atoms with Crippen molar-refractivity contribution in [1.82, 2.24) is 19.5 Å². The molecule has 144 valence electrons. The van der Waals surface area contributed by atoms with E-state index in [1.165, 1.54) is 30.9 Å². The molecule has 3 aromatic rings. The molecule has 3 rings (SSSR count). The first-order valence-electron chi connectivity index (χ1n) is 8.38. The first-order chi connectivity index (χ1) is 13.3. The van der Waals surface area contributed by atoms with Crippen LogP contribution in [0.1, 0.15) is 21.6 Å². The Kier molecular flexibility index (Phi) is 5.08. The molecule has 2 heterocycles. The number of hydrogen-bond acceptors (Lipinski definition) is 6. The minimum Gasteiger partial charge on any atom is -0.497 e. The fourth-order valence-corrected chi connectivity index (χ4v) is 2.73. The molecule has 0 atom stereocenters. The molecule has 9 heteroatoms. The quantitative estimate of drug-likeness (QED) is 0.529. The van der Waals surface area contributed by atoms with Crippen molar-refractivity contribution in [2.45, 2.75) is 6.92 Å². The molecule has 0 aliphatic rings. The van der Waals surface area contributed by atoms with Crippen LogP contribution in [0.4, 0.5) is 0 Å². The van der Waals surface area contributed by atoms with Crippen LogP contribution < -0.4 is 21.4 Å². The minimum absolute atomic E-state index is 0.180.